The summed E-state index contributed by atoms with van der Waals surface area (Å²) in [6, 6.07) is 22.6. The number of nitrogens with one attached hydrogen (secondary N) is 1. The molecule has 6 heteroatoms. The van der Waals surface area contributed by atoms with Crippen LogP contribution >= 0.6 is 11.3 Å². The number of benzene rings is 3. The first-order valence-corrected chi connectivity index (χ1v) is 9.55. The van der Waals surface area contributed by atoms with Gasteiger partial charge in [-0.15, -0.1) is 0 Å². The van der Waals surface area contributed by atoms with Gasteiger partial charge in [0.2, 0.25) is 0 Å². The van der Waals surface area contributed by atoms with E-state index in [1.165, 1.54) is 11.3 Å². The Bertz CT molecular complexity index is 1090. The van der Waals surface area contributed by atoms with Gasteiger partial charge >= 0.3 is 0 Å². The average molecular weight is 390 g/mol. The van der Waals surface area contributed by atoms with E-state index in [4.69, 9.17) is 9.47 Å². The highest BCUT2D eigenvalue weighted by Crippen LogP contribution is 2.29. The molecule has 4 rings (SSSR count). The minimum Gasteiger partial charge on any atom is -0.497 e. The third kappa shape index (κ3) is 4.13. The van der Waals surface area contributed by atoms with Crippen molar-refractivity contribution in [1.82, 2.24) is 4.98 Å². The third-order valence-corrected chi connectivity index (χ3v) is 5.11. The lowest BCUT2D eigenvalue weighted by Crippen LogP contribution is -2.11. The lowest BCUT2D eigenvalue weighted by atomic mass is 10.2. The Morgan fingerprint density at radius 2 is 1.75 bits per heavy atom. The number of ether oxygens (including phenoxy) is 2. The summed E-state index contributed by atoms with van der Waals surface area (Å²) in [5.41, 5.74) is 2.46. The zero-order valence-electron chi connectivity index (χ0n) is 15.2. The van der Waals surface area contributed by atoms with Crippen molar-refractivity contribution >= 4 is 32.6 Å². The molecule has 4 aromatic rings. The molecule has 5 nitrogen and oxygen atoms in total. The van der Waals surface area contributed by atoms with E-state index in [1.807, 2.05) is 48.5 Å². The fourth-order valence-electron chi connectivity index (χ4n) is 2.70. The predicted molar refractivity (Wildman–Crippen MR) is 111 cm³/mol. The summed E-state index contributed by atoms with van der Waals surface area (Å²) in [6.45, 7) is 0.488. The Hall–Kier alpha value is -3.38. The largest absolute Gasteiger partial charge is 0.497 e. The van der Waals surface area contributed by atoms with Crippen molar-refractivity contribution in [2.75, 3.05) is 12.4 Å². The summed E-state index contributed by atoms with van der Waals surface area (Å²) in [5.74, 6) is 1.27. The van der Waals surface area contributed by atoms with Crippen molar-refractivity contribution in [3.63, 3.8) is 0 Å². The maximum atomic E-state index is 12.5. The summed E-state index contributed by atoms with van der Waals surface area (Å²) < 4.78 is 11.9. The maximum absolute atomic E-state index is 12.5. The van der Waals surface area contributed by atoms with Gasteiger partial charge < -0.3 is 9.47 Å². The number of carbonyl (C=O) groups excluding carboxylic acids is 1. The number of methoxy groups -OCH3 is 1. The molecule has 0 bridgehead atoms. The van der Waals surface area contributed by atoms with Crippen LogP contribution in [-0.4, -0.2) is 18.0 Å². The fraction of sp³-hybridized carbons (Fsp3) is 0.0909. The molecule has 0 aliphatic heterocycles. The van der Waals surface area contributed by atoms with Gasteiger partial charge in [0.1, 0.15) is 18.1 Å². The van der Waals surface area contributed by atoms with Crippen LogP contribution in [0.1, 0.15) is 15.9 Å². The summed E-state index contributed by atoms with van der Waals surface area (Å²) in [5, 5.41) is 3.40. The second-order valence-corrected chi connectivity index (χ2v) is 7.14. The highest BCUT2D eigenvalue weighted by atomic mass is 32.1. The first-order valence-electron chi connectivity index (χ1n) is 8.74. The molecule has 3 aromatic carbocycles. The van der Waals surface area contributed by atoms with Gasteiger partial charge in [-0.2, -0.15) is 0 Å². The third-order valence-electron chi connectivity index (χ3n) is 4.18. The predicted octanol–water partition coefficient (Wildman–Crippen LogP) is 5.14. The fourth-order valence-corrected chi connectivity index (χ4v) is 3.59. The number of rotatable bonds is 6. The second kappa shape index (κ2) is 8.10. The first-order chi connectivity index (χ1) is 13.7. The van der Waals surface area contributed by atoms with Crippen LogP contribution in [0.5, 0.6) is 11.5 Å². The smallest absolute Gasteiger partial charge is 0.257 e. The Balaban J connectivity index is 1.40. The van der Waals surface area contributed by atoms with Gasteiger partial charge in [0.05, 0.1) is 17.3 Å². The number of carbonyl (C=O) groups is 1. The molecule has 0 saturated heterocycles. The Labute approximate surface area is 166 Å². The van der Waals surface area contributed by atoms with Crippen LogP contribution in [0.2, 0.25) is 0 Å². The van der Waals surface area contributed by atoms with Crippen LogP contribution in [0, 0.1) is 0 Å². The Morgan fingerprint density at radius 1 is 1.00 bits per heavy atom. The van der Waals surface area contributed by atoms with Gasteiger partial charge in [-0.25, -0.2) is 4.98 Å². The molecule has 140 valence electrons. The van der Waals surface area contributed by atoms with Crippen molar-refractivity contribution in [2.45, 2.75) is 6.61 Å². The average Bonchev–Trinajstić information content (AvgIpc) is 3.14. The Morgan fingerprint density at radius 3 is 2.50 bits per heavy atom. The van der Waals surface area contributed by atoms with E-state index in [2.05, 4.69) is 10.3 Å². The summed E-state index contributed by atoms with van der Waals surface area (Å²) in [6.07, 6.45) is 0. The van der Waals surface area contributed by atoms with Crippen LogP contribution in [0.25, 0.3) is 10.2 Å². The summed E-state index contributed by atoms with van der Waals surface area (Å²) in [7, 11) is 1.62. The monoisotopic (exact) mass is 390 g/mol. The first kappa shape index (κ1) is 18.0. The van der Waals surface area contributed by atoms with Gasteiger partial charge in [-0.3, -0.25) is 10.1 Å². The van der Waals surface area contributed by atoms with Gasteiger partial charge in [-0.05, 0) is 48.0 Å². The standard InChI is InChI=1S/C22H18N2O3S/c1-26-18-11-12-19-20(13-18)28-22(23-19)24-21(25)16-7-9-17(10-8-16)27-14-15-5-3-2-4-6-15/h2-13H,14H2,1H3,(H,23,24,25). The molecular formula is C22H18N2O3S. The van der Waals surface area contributed by atoms with Gasteiger partial charge in [0.25, 0.3) is 5.91 Å². The normalized spacial score (nSPS) is 10.6. The van der Waals surface area contributed by atoms with E-state index in [9.17, 15) is 4.79 Å². The highest BCUT2D eigenvalue weighted by molar-refractivity contribution is 7.22. The lowest BCUT2D eigenvalue weighted by Gasteiger charge is -2.07. The molecule has 0 atom stereocenters. The quantitative estimate of drug-likeness (QED) is 0.495. The molecule has 1 aromatic heterocycles. The molecular weight excluding hydrogens is 372 g/mol. The minimum atomic E-state index is -0.208. The maximum Gasteiger partial charge on any atom is 0.257 e. The van der Waals surface area contributed by atoms with E-state index in [-0.39, 0.29) is 5.91 Å². The van der Waals surface area contributed by atoms with Crippen molar-refractivity contribution in [3.05, 3.63) is 83.9 Å². The number of hydrogen-bond donors (Lipinski definition) is 1. The number of anilines is 1. The molecule has 1 N–H and O–H groups in total. The number of fused-ring (bicyclic) bond motifs is 1. The molecule has 0 spiro atoms. The molecule has 0 aliphatic carbocycles. The molecule has 1 heterocycles. The molecule has 0 saturated carbocycles. The molecule has 28 heavy (non-hydrogen) atoms. The van der Waals surface area contributed by atoms with Gasteiger partial charge in [0, 0.05) is 5.56 Å². The van der Waals surface area contributed by atoms with Crippen LogP contribution in [0.4, 0.5) is 5.13 Å². The second-order valence-electron chi connectivity index (χ2n) is 6.11. The number of aromatic nitrogens is 1. The van der Waals surface area contributed by atoms with Gasteiger partial charge in [-0.1, -0.05) is 41.7 Å². The number of amides is 1. The highest BCUT2D eigenvalue weighted by Gasteiger charge is 2.11. The van der Waals surface area contributed by atoms with Crippen LogP contribution in [0.15, 0.2) is 72.8 Å². The van der Waals surface area contributed by atoms with Crippen LogP contribution < -0.4 is 14.8 Å². The zero-order valence-corrected chi connectivity index (χ0v) is 16.0. The van der Waals surface area contributed by atoms with E-state index >= 15 is 0 Å². The van der Waals surface area contributed by atoms with Crippen LogP contribution in [-0.2, 0) is 6.61 Å². The van der Waals surface area contributed by atoms with Crippen LogP contribution in [0.3, 0.4) is 0 Å². The van der Waals surface area contributed by atoms with E-state index in [0.29, 0.717) is 23.1 Å². The molecule has 0 radical (unpaired) electrons. The minimum absolute atomic E-state index is 0.208. The van der Waals surface area contributed by atoms with Crippen molar-refractivity contribution in [3.8, 4) is 11.5 Å². The van der Waals surface area contributed by atoms with E-state index < -0.39 is 0 Å². The molecule has 1 amide bonds. The van der Waals surface area contributed by atoms with E-state index in [0.717, 1.165) is 21.5 Å². The molecule has 0 fully saturated rings. The SMILES string of the molecule is COc1ccc2nc(NC(=O)c3ccc(OCc4ccccc4)cc3)sc2c1. The lowest BCUT2D eigenvalue weighted by molar-refractivity contribution is 0.102. The summed E-state index contributed by atoms with van der Waals surface area (Å²) in [4.78, 5) is 16.9. The number of thiazole rings is 1. The number of nitrogens with zero attached hydrogens (tertiary/aromatic N) is 1. The molecule has 0 aliphatic rings. The van der Waals surface area contributed by atoms with Gasteiger partial charge in [0.15, 0.2) is 5.13 Å². The Kier molecular flexibility index (Phi) is 5.21. The van der Waals surface area contributed by atoms with Crippen molar-refractivity contribution in [1.29, 1.82) is 0 Å². The van der Waals surface area contributed by atoms with Crippen molar-refractivity contribution < 1.29 is 14.3 Å². The molecule has 0 unspecified atom stereocenters. The van der Waals surface area contributed by atoms with Crippen molar-refractivity contribution in [2.24, 2.45) is 0 Å². The zero-order chi connectivity index (χ0) is 19.3. The summed E-state index contributed by atoms with van der Waals surface area (Å²) >= 11 is 1.41. The topological polar surface area (TPSA) is 60.5 Å². The van der Waals surface area contributed by atoms with E-state index in [1.54, 1.807) is 31.4 Å². The number of hydrogen-bond acceptors (Lipinski definition) is 5.